The van der Waals surface area contributed by atoms with Crippen LogP contribution in [0.4, 0.5) is 0 Å². The standard InChI is InChI=1S/C16H25N3O3.HI/c1-3-17-16(18-9-10-20-4-2)19-11-13-12-21-14-7-5-6-8-15(14)22-13;/h5-8,13H,3-4,9-12H2,1-2H3,(H2,17,18,19);1H. The van der Waals surface area contributed by atoms with Crippen molar-refractivity contribution in [3.05, 3.63) is 24.3 Å². The van der Waals surface area contributed by atoms with Crippen LogP contribution in [0.25, 0.3) is 0 Å². The molecule has 0 saturated heterocycles. The lowest BCUT2D eigenvalue weighted by Crippen LogP contribution is -2.40. The van der Waals surface area contributed by atoms with Gasteiger partial charge in [-0.3, -0.25) is 0 Å². The number of aliphatic imine (C=N–C) groups is 1. The predicted octanol–water partition coefficient (Wildman–Crippen LogP) is 2.04. The third kappa shape index (κ3) is 6.82. The van der Waals surface area contributed by atoms with Crippen LogP contribution in [0.3, 0.4) is 0 Å². The van der Waals surface area contributed by atoms with Crippen molar-refractivity contribution in [2.24, 2.45) is 4.99 Å². The van der Waals surface area contributed by atoms with Crippen molar-refractivity contribution < 1.29 is 14.2 Å². The van der Waals surface area contributed by atoms with Crippen molar-refractivity contribution in [2.75, 3.05) is 39.5 Å². The Hall–Kier alpha value is -1.22. The van der Waals surface area contributed by atoms with E-state index in [2.05, 4.69) is 15.6 Å². The molecule has 0 spiro atoms. The number of ether oxygens (including phenoxy) is 3. The summed E-state index contributed by atoms with van der Waals surface area (Å²) in [7, 11) is 0. The third-order valence-corrected chi connectivity index (χ3v) is 3.11. The minimum atomic E-state index is -0.0720. The normalized spacial score (nSPS) is 16.4. The van der Waals surface area contributed by atoms with Gasteiger partial charge in [-0.25, -0.2) is 4.99 Å². The summed E-state index contributed by atoms with van der Waals surface area (Å²) in [5, 5.41) is 6.44. The Morgan fingerprint density at radius 1 is 1.26 bits per heavy atom. The van der Waals surface area contributed by atoms with E-state index in [-0.39, 0.29) is 30.1 Å². The largest absolute Gasteiger partial charge is 0.486 e. The van der Waals surface area contributed by atoms with E-state index in [1.807, 2.05) is 38.1 Å². The molecule has 23 heavy (non-hydrogen) atoms. The minimum absolute atomic E-state index is 0. The summed E-state index contributed by atoms with van der Waals surface area (Å²) >= 11 is 0. The molecule has 130 valence electrons. The van der Waals surface area contributed by atoms with Gasteiger partial charge in [0.25, 0.3) is 0 Å². The molecule has 0 fully saturated rings. The van der Waals surface area contributed by atoms with Crippen LogP contribution < -0.4 is 20.1 Å². The van der Waals surface area contributed by atoms with Gasteiger partial charge in [-0.1, -0.05) is 12.1 Å². The maximum Gasteiger partial charge on any atom is 0.191 e. The number of hydrogen-bond acceptors (Lipinski definition) is 4. The molecule has 1 aliphatic rings. The van der Waals surface area contributed by atoms with Crippen LogP contribution in [0.1, 0.15) is 13.8 Å². The average molecular weight is 435 g/mol. The van der Waals surface area contributed by atoms with E-state index in [1.54, 1.807) is 0 Å². The zero-order valence-electron chi connectivity index (χ0n) is 13.7. The molecular formula is C16H26IN3O3. The summed E-state index contributed by atoms with van der Waals surface area (Å²) in [4.78, 5) is 4.54. The highest BCUT2D eigenvalue weighted by atomic mass is 127. The lowest BCUT2D eigenvalue weighted by molar-refractivity contribution is 0.0971. The molecule has 0 saturated carbocycles. The Morgan fingerprint density at radius 2 is 2.04 bits per heavy atom. The van der Waals surface area contributed by atoms with Crippen molar-refractivity contribution in [3.8, 4) is 11.5 Å². The highest BCUT2D eigenvalue weighted by Gasteiger charge is 2.20. The van der Waals surface area contributed by atoms with Gasteiger partial charge < -0.3 is 24.8 Å². The lowest BCUT2D eigenvalue weighted by Gasteiger charge is -2.25. The van der Waals surface area contributed by atoms with Gasteiger partial charge in [-0.2, -0.15) is 0 Å². The van der Waals surface area contributed by atoms with Crippen molar-refractivity contribution in [2.45, 2.75) is 20.0 Å². The van der Waals surface area contributed by atoms with Gasteiger partial charge in [-0.05, 0) is 26.0 Å². The monoisotopic (exact) mass is 435 g/mol. The number of halogens is 1. The minimum Gasteiger partial charge on any atom is -0.486 e. The Bertz CT molecular complexity index is 485. The van der Waals surface area contributed by atoms with E-state index >= 15 is 0 Å². The topological polar surface area (TPSA) is 64.1 Å². The molecule has 6 nitrogen and oxygen atoms in total. The summed E-state index contributed by atoms with van der Waals surface area (Å²) in [6.45, 7) is 8.00. The smallest absolute Gasteiger partial charge is 0.191 e. The van der Waals surface area contributed by atoms with Gasteiger partial charge in [0.1, 0.15) is 6.61 Å². The molecule has 1 aromatic rings. The number of nitrogens with one attached hydrogen (secondary N) is 2. The zero-order valence-corrected chi connectivity index (χ0v) is 16.0. The predicted molar refractivity (Wildman–Crippen MR) is 102 cm³/mol. The fraction of sp³-hybridized carbons (Fsp3) is 0.562. The Kier molecular flexibility index (Phi) is 9.77. The summed E-state index contributed by atoms with van der Waals surface area (Å²) in [5.74, 6) is 2.34. The number of hydrogen-bond donors (Lipinski definition) is 2. The maximum absolute atomic E-state index is 5.89. The molecule has 1 aliphatic heterocycles. The second kappa shape index (κ2) is 11.3. The van der Waals surface area contributed by atoms with Crippen molar-refractivity contribution in [1.82, 2.24) is 10.6 Å². The molecule has 1 unspecified atom stereocenters. The second-order valence-electron chi connectivity index (χ2n) is 4.84. The lowest BCUT2D eigenvalue weighted by atomic mass is 10.2. The Morgan fingerprint density at radius 3 is 2.78 bits per heavy atom. The number of rotatable bonds is 7. The molecule has 7 heteroatoms. The molecule has 1 atom stereocenters. The molecule has 2 N–H and O–H groups in total. The molecule has 0 aromatic heterocycles. The first-order valence-electron chi connectivity index (χ1n) is 7.81. The first kappa shape index (κ1) is 19.8. The van der Waals surface area contributed by atoms with E-state index in [1.165, 1.54) is 0 Å². The molecule has 0 bridgehead atoms. The van der Waals surface area contributed by atoms with Gasteiger partial charge in [0.05, 0.1) is 13.2 Å². The number of para-hydroxylation sites is 2. The third-order valence-electron chi connectivity index (χ3n) is 3.11. The number of guanidine groups is 1. The quantitative estimate of drug-likeness (QED) is 0.297. The van der Waals surface area contributed by atoms with Gasteiger partial charge in [0, 0.05) is 19.7 Å². The number of fused-ring (bicyclic) bond motifs is 1. The number of nitrogens with zero attached hydrogens (tertiary/aromatic N) is 1. The molecule has 0 amide bonds. The van der Waals surface area contributed by atoms with Gasteiger partial charge in [0.2, 0.25) is 0 Å². The van der Waals surface area contributed by atoms with Crippen molar-refractivity contribution in [3.63, 3.8) is 0 Å². The van der Waals surface area contributed by atoms with Gasteiger partial charge in [-0.15, -0.1) is 24.0 Å². The van der Waals surface area contributed by atoms with Crippen molar-refractivity contribution in [1.29, 1.82) is 0 Å². The molecule has 1 aromatic carbocycles. The maximum atomic E-state index is 5.89. The number of benzene rings is 1. The average Bonchev–Trinajstić information content (AvgIpc) is 2.56. The Balaban J connectivity index is 0.00000264. The van der Waals surface area contributed by atoms with Crippen LogP contribution in [-0.4, -0.2) is 51.5 Å². The van der Waals surface area contributed by atoms with E-state index in [0.717, 1.165) is 37.2 Å². The van der Waals surface area contributed by atoms with Crippen LogP contribution in [0.15, 0.2) is 29.3 Å². The van der Waals surface area contributed by atoms with Crippen LogP contribution in [0.5, 0.6) is 11.5 Å². The van der Waals surface area contributed by atoms with Crippen LogP contribution in [0.2, 0.25) is 0 Å². The first-order chi connectivity index (χ1) is 10.8. The van der Waals surface area contributed by atoms with E-state index in [0.29, 0.717) is 19.8 Å². The second-order valence-corrected chi connectivity index (χ2v) is 4.84. The fourth-order valence-electron chi connectivity index (χ4n) is 2.07. The zero-order chi connectivity index (χ0) is 15.6. The summed E-state index contributed by atoms with van der Waals surface area (Å²) in [5.41, 5.74) is 0. The molecule has 1 heterocycles. The fourth-order valence-corrected chi connectivity index (χ4v) is 2.07. The molecule has 0 radical (unpaired) electrons. The highest BCUT2D eigenvalue weighted by Crippen LogP contribution is 2.30. The van der Waals surface area contributed by atoms with E-state index < -0.39 is 0 Å². The van der Waals surface area contributed by atoms with Crippen molar-refractivity contribution >= 4 is 29.9 Å². The van der Waals surface area contributed by atoms with Gasteiger partial charge in [0.15, 0.2) is 23.6 Å². The molecule has 2 rings (SSSR count). The van der Waals surface area contributed by atoms with E-state index in [4.69, 9.17) is 14.2 Å². The molecular weight excluding hydrogens is 409 g/mol. The molecule has 0 aliphatic carbocycles. The van der Waals surface area contributed by atoms with Crippen LogP contribution >= 0.6 is 24.0 Å². The summed E-state index contributed by atoms with van der Waals surface area (Å²) in [6.07, 6.45) is -0.0720. The first-order valence-corrected chi connectivity index (χ1v) is 7.81. The van der Waals surface area contributed by atoms with E-state index in [9.17, 15) is 0 Å². The summed E-state index contributed by atoms with van der Waals surface area (Å²) in [6, 6.07) is 7.70. The highest BCUT2D eigenvalue weighted by molar-refractivity contribution is 14.0. The van der Waals surface area contributed by atoms with Crippen LogP contribution in [-0.2, 0) is 4.74 Å². The van der Waals surface area contributed by atoms with Gasteiger partial charge >= 0.3 is 0 Å². The van der Waals surface area contributed by atoms with Crippen LogP contribution in [0, 0.1) is 0 Å². The SMILES string of the molecule is CCNC(=NCC1COc2ccccc2O1)NCCOCC.I. The Labute approximate surface area is 155 Å². The summed E-state index contributed by atoms with van der Waals surface area (Å²) < 4.78 is 16.9.